The predicted molar refractivity (Wildman–Crippen MR) is 78.7 cm³/mol. The number of benzene rings is 1. The van der Waals surface area contributed by atoms with Crippen molar-refractivity contribution in [1.82, 2.24) is 4.90 Å². The topological polar surface area (TPSA) is 57.7 Å². The summed E-state index contributed by atoms with van der Waals surface area (Å²) in [7, 11) is -1.23. The van der Waals surface area contributed by atoms with Crippen LogP contribution in [0.1, 0.15) is 12.8 Å². The van der Waals surface area contributed by atoms with E-state index in [9.17, 15) is 22.0 Å². The molecule has 0 saturated carbocycles. The monoisotopic (exact) mass is 332 g/mol. The molecule has 0 aliphatic carbocycles. The molecule has 1 atom stereocenters. The standard InChI is InChI=1S/C14H18F2N2O3S/c1-17(2)13(19)12-4-3-9-18(12)10-5-7-11(8-6-10)22(20,21)14(15)16/h5-8,12,14H,3-4,9H2,1-2H3/t12-/m1/s1. The minimum Gasteiger partial charge on any atom is -0.360 e. The molecule has 0 spiro atoms. The van der Waals surface area contributed by atoms with Gasteiger partial charge in [0.05, 0.1) is 4.90 Å². The average Bonchev–Trinajstić information content (AvgIpc) is 2.95. The third kappa shape index (κ3) is 3.06. The van der Waals surface area contributed by atoms with E-state index in [1.165, 1.54) is 17.0 Å². The number of hydrogen-bond donors (Lipinski definition) is 0. The Bertz CT molecular complexity index is 645. The molecule has 1 aliphatic rings. The van der Waals surface area contributed by atoms with Gasteiger partial charge in [0, 0.05) is 26.3 Å². The highest BCUT2D eigenvalue weighted by Crippen LogP contribution is 2.28. The fourth-order valence-corrected chi connectivity index (χ4v) is 3.28. The van der Waals surface area contributed by atoms with Crippen LogP contribution in [0.3, 0.4) is 0 Å². The number of hydrogen-bond acceptors (Lipinski definition) is 4. The van der Waals surface area contributed by atoms with Crippen molar-refractivity contribution in [1.29, 1.82) is 0 Å². The van der Waals surface area contributed by atoms with Crippen LogP contribution in [-0.4, -0.2) is 51.7 Å². The molecule has 0 radical (unpaired) electrons. The third-order valence-corrected chi connectivity index (χ3v) is 5.11. The fourth-order valence-electron chi connectivity index (χ4n) is 2.56. The lowest BCUT2D eigenvalue weighted by Gasteiger charge is -2.28. The number of anilines is 1. The maximum Gasteiger partial charge on any atom is 0.341 e. The molecule has 0 N–H and O–H groups in total. The number of amides is 1. The zero-order valence-corrected chi connectivity index (χ0v) is 13.2. The molecule has 1 fully saturated rings. The van der Waals surface area contributed by atoms with Gasteiger partial charge >= 0.3 is 5.76 Å². The Morgan fingerprint density at radius 1 is 1.27 bits per heavy atom. The van der Waals surface area contributed by atoms with Crippen molar-refractivity contribution < 1.29 is 22.0 Å². The van der Waals surface area contributed by atoms with Gasteiger partial charge in [-0.1, -0.05) is 0 Å². The van der Waals surface area contributed by atoms with E-state index in [2.05, 4.69) is 0 Å². The van der Waals surface area contributed by atoms with E-state index in [1.807, 2.05) is 4.90 Å². The van der Waals surface area contributed by atoms with Crippen molar-refractivity contribution in [3.05, 3.63) is 24.3 Å². The number of nitrogens with zero attached hydrogens (tertiary/aromatic N) is 2. The van der Waals surface area contributed by atoms with Crippen LogP contribution >= 0.6 is 0 Å². The fraction of sp³-hybridized carbons (Fsp3) is 0.500. The van der Waals surface area contributed by atoms with Crippen molar-refractivity contribution in [2.24, 2.45) is 0 Å². The first-order valence-corrected chi connectivity index (χ1v) is 8.39. The summed E-state index contributed by atoms with van der Waals surface area (Å²) in [5, 5.41) is 0. The van der Waals surface area contributed by atoms with E-state index < -0.39 is 20.5 Å². The third-order valence-electron chi connectivity index (χ3n) is 3.71. The van der Waals surface area contributed by atoms with E-state index in [1.54, 1.807) is 14.1 Å². The Morgan fingerprint density at radius 2 is 1.86 bits per heavy atom. The zero-order chi connectivity index (χ0) is 16.5. The molecule has 122 valence electrons. The van der Waals surface area contributed by atoms with E-state index in [0.717, 1.165) is 18.6 Å². The molecule has 1 aromatic rings. The van der Waals surface area contributed by atoms with Crippen LogP contribution < -0.4 is 4.90 Å². The molecule has 0 bridgehead atoms. The first-order valence-electron chi connectivity index (χ1n) is 6.85. The molecule has 1 amide bonds. The average molecular weight is 332 g/mol. The van der Waals surface area contributed by atoms with Crippen molar-refractivity contribution in [3.8, 4) is 0 Å². The normalized spacial score (nSPS) is 18.8. The maximum absolute atomic E-state index is 12.5. The quantitative estimate of drug-likeness (QED) is 0.843. The first kappa shape index (κ1) is 16.7. The Hall–Kier alpha value is -1.70. The van der Waals surface area contributed by atoms with Crippen LogP contribution in [0.15, 0.2) is 29.2 Å². The van der Waals surface area contributed by atoms with Crippen molar-refractivity contribution in [3.63, 3.8) is 0 Å². The Balaban J connectivity index is 2.25. The summed E-state index contributed by atoms with van der Waals surface area (Å²) in [5.41, 5.74) is 0.658. The van der Waals surface area contributed by atoms with Crippen LogP contribution in [0.2, 0.25) is 0 Å². The second-order valence-electron chi connectivity index (χ2n) is 5.38. The lowest BCUT2D eigenvalue weighted by atomic mass is 10.2. The van der Waals surface area contributed by atoms with Crippen LogP contribution in [-0.2, 0) is 14.6 Å². The summed E-state index contributed by atoms with van der Waals surface area (Å²) >= 11 is 0. The predicted octanol–water partition coefficient (Wildman–Crippen LogP) is 1.74. The number of halogens is 2. The van der Waals surface area contributed by atoms with Crippen molar-refractivity contribution in [2.75, 3.05) is 25.5 Å². The van der Waals surface area contributed by atoms with Crippen LogP contribution in [0.4, 0.5) is 14.5 Å². The van der Waals surface area contributed by atoms with Gasteiger partial charge in [0.2, 0.25) is 15.7 Å². The molecular weight excluding hydrogens is 314 g/mol. The zero-order valence-electron chi connectivity index (χ0n) is 12.4. The molecule has 8 heteroatoms. The molecular formula is C14H18F2N2O3S. The van der Waals surface area contributed by atoms with Crippen LogP contribution in [0.5, 0.6) is 0 Å². The highest BCUT2D eigenvalue weighted by atomic mass is 32.2. The van der Waals surface area contributed by atoms with Gasteiger partial charge in [-0.25, -0.2) is 8.42 Å². The Kier molecular flexibility index (Phi) is 4.69. The van der Waals surface area contributed by atoms with E-state index in [4.69, 9.17) is 0 Å². The number of carbonyl (C=O) groups excluding carboxylic acids is 1. The minimum absolute atomic E-state index is 0.0261. The van der Waals surface area contributed by atoms with Crippen molar-refractivity contribution in [2.45, 2.75) is 29.5 Å². The number of sulfone groups is 1. The second-order valence-corrected chi connectivity index (χ2v) is 7.30. The van der Waals surface area contributed by atoms with Gasteiger partial charge in [0.1, 0.15) is 6.04 Å². The molecule has 0 aromatic heterocycles. The van der Waals surface area contributed by atoms with Gasteiger partial charge < -0.3 is 9.80 Å². The van der Waals surface area contributed by atoms with Gasteiger partial charge in [-0.2, -0.15) is 8.78 Å². The largest absolute Gasteiger partial charge is 0.360 e. The molecule has 1 heterocycles. The van der Waals surface area contributed by atoms with Crippen LogP contribution in [0, 0.1) is 0 Å². The van der Waals surface area contributed by atoms with Gasteiger partial charge in [0.15, 0.2) is 0 Å². The maximum atomic E-state index is 12.5. The number of rotatable bonds is 4. The summed E-state index contributed by atoms with van der Waals surface area (Å²) < 4.78 is 47.8. The molecule has 1 saturated heterocycles. The highest BCUT2D eigenvalue weighted by Gasteiger charge is 2.32. The number of likely N-dealkylation sites (N-methyl/N-ethyl adjacent to an activating group) is 1. The summed E-state index contributed by atoms with van der Waals surface area (Å²) in [5.74, 6) is -3.46. The second kappa shape index (κ2) is 6.20. The van der Waals surface area contributed by atoms with Gasteiger partial charge in [-0.15, -0.1) is 0 Å². The lowest BCUT2D eigenvalue weighted by Crippen LogP contribution is -2.42. The highest BCUT2D eigenvalue weighted by molar-refractivity contribution is 7.91. The number of alkyl halides is 2. The summed E-state index contributed by atoms with van der Waals surface area (Å²) in [6, 6.07) is 4.96. The van der Waals surface area contributed by atoms with Crippen LogP contribution in [0.25, 0.3) is 0 Å². The molecule has 0 unspecified atom stereocenters. The number of carbonyl (C=O) groups is 1. The van der Waals surface area contributed by atoms with E-state index >= 15 is 0 Å². The first-order chi connectivity index (χ1) is 10.2. The van der Waals surface area contributed by atoms with E-state index in [-0.39, 0.29) is 11.9 Å². The summed E-state index contributed by atoms with van der Waals surface area (Å²) in [4.78, 5) is 15.1. The summed E-state index contributed by atoms with van der Waals surface area (Å²) in [6.07, 6.45) is 1.56. The van der Waals surface area contributed by atoms with Gasteiger partial charge in [0.25, 0.3) is 0 Å². The SMILES string of the molecule is CN(C)C(=O)[C@H]1CCCN1c1ccc(S(=O)(=O)C(F)F)cc1. The summed E-state index contributed by atoms with van der Waals surface area (Å²) in [6.45, 7) is 0.672. The van der Waals surface area contributed by atoms with Gasteiger partial charge in [-0.05, 0) is 37.1 Å². The molecule has 1 aliphatic heterocycles. The molecule has 2 rings (SSSR count). The van der Waals surface area contributed by atoms with E-state index in [0.29, 0.717) is 18.7 Å². The Labute approximate surface area is 128 Å². The molecule has 5 nitrogen and oxygen atoms in total. The van der Waals surface area contributed by atoms with Gasteiger partial charge in [-0.3, -0.25) is 4.79 Å². The molecule has 22 heavy (non-hydrogen) atoms. The van der Waals surface area contributed by atoms with Crippen molar-refractivity contribution >= 4 is 21.4 Å². The smallest absolute Gasteiger partial charge is 0.341 e. The minimum atomic E-state index is -4.59. The molecule has 1 aromatic carbocycles. The Morgan fingerprint density at radius 3 is 2.36 bits per heavy atom. The lowest BCUT2D eigenvalue weighted by molar-refractivity contribution is -0.129.